The van der Waals surface area contributed by atoms with Crippen LogP contribution in [0.15, 0.2) is 34.9 Å². The molecular formula is C16H18N2O2. The van der Waals surface area contributed by atoms with Gasteiger partial charge < -0.3 is 9.26 Å². The molecular weight excluding hydrogens is 252 g/mol. The summed E-state index contributed by atoms with van der Waals surface area (Å²) in [6, 6.07) is 8.55. The molecule has 0 radical (unpaired) electrons. The molecule has 1 aliphatic carbocycles. The largest absolute Gasteiger partial charge is 0.381 e. The molecule has 104 valence electrons. The van der Waals surface area contributed by atoms with Crippen LogP contribution in [0.5, 0.6) is 0 Å². The lowest BCUT2D eigenvalue weighted by Gasteiger charge is -2.22. The predicted molar refractivity (Wildman–Crippen MR) is 76.4 cm³/mol. The standard InChI is InChI=1S/C16H18N2O2/c1-19-11-5-10-15-17-16(18-20-15)14-9-4-7-12-6-2-3-8-13(12)14/h2-3,5-6,8,10,14H,4,7,9,11H2,1H3/b10-5+. The van der Waals surface area contributed by atoms with Gasteiger partial charge in [0.1, 0.15) is 0 Å². The molecule has 1 aromatic heterocycles. The second kappa shape index (κ2) is 6.01. The zero-order chi connectivity index (χ0) is 13.8. The Bertz CT molecular complexity index is 604. The highest BCUT2D eigenvalue weighted by atomic mass is 16.5. The van der Waals surface area contributed by atoms with Gasteiger partial charge in [-0.15, -0.1) is 0 Å². The van der Waals surface area contributed by atoms with Crippen molar-refractivity contribution in [2.24, 2.45) is 0 Å². The predicted octanol–water partition coefficient (Wildman–Crippen LogP) is 3.20. The zero-order valence-corrected chi connectivity index (χ0v) is 11.6. The first kappa shape index (κ1) is 13.1. The molecule has 1 atom stereocenters. The van der Waals surface area contributed by atoms with Gasteiger partial charge in [0.15, 0.2) is 5.82 Å². The third-order valence-corrected chi connectivity index (χ3v) is 3.66. The van der Waals surface area contributed by atoms with E-state index in [-0.39, 0.29) is 5.92 Å². The molecule has 1 aliphatic rings. The van der Waals surface area contributed by atoms with E-state index in [2.05, 4.69) is 34.4 Å². The van der Waals surface area contributed by atoms with Crippen LogP contribution in [0.1, 0.15) is 41.6 Å². The Morgan fingerprint density at radius 2 is 2.30 bits per heavy atom. The number of methoxy groups -OCH3 is 1. The van der Waals surface area contributed by atoms with Crippen LogP contribution in [0.2, 0.25) is 0 Å². The van der Waals surface area contributed by atoms with Gasteiger partial charge in [0.25, 0.3) is 0 Å². The molecule has 0 aliphatic heterocycles. The number of rotatable bonds is 4. The molecule has 1 aromatic carbocycles. The molecule has 1 heterocycles. The number of fused-ring (bicyclic) bond motifs is 1. The first-order valence-corrected chi connectivity index (χ1v) is 6.95. The molecule has 0 saturated heterocycles. The number of aryl methyl sites for hydroxylation is 1. The Kier molecular flexibility index (Phi) is 3.92. The quantitative estimate of drug-likeness (QED) is 0.856. The van der Waals surface area contributed by atoms with Crippen molar-refractivity contribution in [1.82, 2.24) is 10.1 Å². The first-order chi connectivity index (χ1) is 9.88. The average molecular weight is 270 g/mol. The van der Waals surface area contributed by atoms with E-state index >= 15 is 0 Å². The smallest absolute Gasteiger partial charge is 0.250 e. The summed E-state index contributed by atoms with van der Waals surface area (Å²) in [5, 5.41) is 4.14. The maximum absolute atomic E-state index is 5.28. The summed E-state index contributed by atoms with van der Waals surface area (Å²) < 4.78 is 10.2. The lowest BCUT2D eigenvalue weighted by Crippen LogP contribution is -2.12. The van der Waals surface area contributed by atoms with Gasteiger partial charge in [-0.05, 0) is 30.4 Å². The van der Waals surface area contributed by atoms with Crippen molar-refractivity contribution >= 4 is 6.08 Å². The monoisotopic (exact) mass is 270 g/mol. The van der Waals surface area contributed by atoms with Crippen LogP contribution in [0.4, 0.5) is 0 Å². The SMILES string of the molecule is COC/C=C/c1nc(C2CCCc3ccccc32)no1. The lowest BCUT2D eigenvalue weighted by atomic mass is 9.82. The van der Waals surface area contributed by atoms with Crippen molar-refractivity contribution < 1.29 is 9.26 Å². The fourth-order valence-corrected chi connectivity index (χ4v) is 2.72. The molecule has 0 saturated carbocycles. The molecule has 4 nitrogen and oxygen atoms in total. The van der Waals surface area contributed by atoms with Gasteiger partial charge in [-0.25, -0.2) is 0 Å². The van der Waals surface area contributed by atoms with Crippen LogP contribution in [-0.4, -0.2) is 23.9 Å². The van der Waals surface area contributed by atoms with E-state index in [1.165, 1.54) is 17.5 Å². The number of hydrogen-bond donors (Lipinski definition) is 0. The second-order valence-electron chi connectivity index (χ2n) is 4.99. The van der Waals surface area contributed by atoms with E-state index < -0.39 is 0 Å². The Labute approximate surface area is 118 Å². The Hall–Kier alpha value is -1.94. The number of ether oxygens (including phenoxy) is 1. The van der Waals surface area contributed by atoms with E-state index in [1.807, 2.05) is 6.08 Å². The highest BCUT2D eigenvalue weighted by Gasteiger charge is 2.25. The molecule has 2 aromatic rings. The van der Waals surface area contributed by atoms with E-state index in [1.54, 1.807) is 13.2 Å². The topological polar surface area (TPSA) is 48.2 Å². The van der Waals surface area contributed by atoms with E-state index in [0.29, 0.717) is 12.5 Å². The highest BCUT2D eigenvalue weighted by molar-refractivity contribution is 5.39. The summed E-state index contributed by atoms with van der Waals surface area (Å²) in [7, 11) is 1.66. The Balaban J connectivity index is 1.84. The van der Waals surface area contributed by atoms with Crippen LogP contribution in [-0.2, 0) is 11.2 Å². The summed E-state index contributed by atoms with van der Waals surface area (Å²) in [5.41, 5.74) is 2.75. The van der Waals surface area contributed by atoms with Crippen molar-refractivity contribution in [2.45, 2.75) is 25.2 Å². The number of aromatic nitrogens is 2. The summed E-state index contributed by atoms with van der Waals surface area (Å²) in [6.07, 6.45) is 7.06. The molecule has 20 heavy (non-hydrogen) atoms. The highest BCUT2D eigenvalue weighted by Crippen LogP contribution is 2.35. The summed E-state index contributed by atoms with van der Waals surface area (Å²) >= 11 is 0. The molecule has 0 amide bonds. The normalized spacial score (nSPS) is 18.4. The van der Waals surface area contributed by atoms with E-state index in [0.717, 1.165) is 18.7 Å². The Morgan fingerprint density at radius 1 is 1.40 bits per heavy atom. The summed E-state index contributed by atoms with van der Waals surface area (Å²) in [4.78, 5) is 4.48. The van der Waals surface area contributed by atoms with Gasteiger partial charge in [-0.1, -0.05) is 35.5 Å². The van der Waals surface area contributed by atoms with Crippen LogP contribution in [0, 0.1) is 0 Å². The number of nitrogens with zero attached hydrogens (tertiary/aromatic N) is 2. The summed E-state index contributed by atoms with van der Waals surface area (Å²) in [5.74, 6) is 1.59. The summed E-state index contributed by atoms with van der Waals surface area (Å²) in [6.45, 7) is 0.546. The Morgan fingerprint density at radius 3 is 3.20 bits per heavy atom. The third kappa shape index (κ3) is 2.65. The molecule has 3 rings (SSSR count). The lowest BCUT2D eigenvalue weighted by molar-refractivity contribution is 0.234. The van der Waals surface area contributed by atoms with Crippen LogP contribution in [0.25, 0.3) is 6.08 Å². The minimum absolute atomic E-state index is 0.258. The van der Waals surface area contributed by atoms with Gasteiger partial charge in [-0.3, -0.25) is 0 Å². The van der Waals surface area contributed by atoms with Gasteiger partial charge >= 0.3 is 0 Å². The maximum atomic E-state index is 5.28. The zero-order valence-electron chi connectivity index (χ0n) is 11.6. The molecule has 0 N–H and O–H groups in total. The fraction of sp³-hybridized carbons (Fsp3) is 0.375. The van der Waals surface area contributed by atoms with Crippen molar-refractivity contribution in [3.05, 3.63) is 53.2 Å². The molecule has 0 fully saturated rings. The van der Waals surface area contributed by atoms with Crippen molar-refractivity contribution in [2.75, 3.05) is 13.7 Å². The maximum Gasteiger partial charge on any atom is 0.250 e. The minimum atomic E-state index is 0.258. The van der Waals surface area contributed by atoms with Crippen LogP contribution >= 0.6 is 0 Å². The first-order valence-electron chi connectivity index (χ1n) is 6.95. The van der Waals surface area contributed by atoms with Gasteiger partial charge in [0, 0.05) is 19.1 Å². The van der Waals surface area contributed by atoms with Gasteiger partial charge in [0.2, 0.25) is 5.89 Å². The molecule has 0 bridgehead atoms. The third-order valence-electron chi connectivity index (χ3n) is 3.66. The molecule has 4 heteroatoms. The average Bonchev–Trinajstić information content (AvgIpc) is 2.96. The van der Waals surface area contributed by atoms with E-state index in [9.17, 15) is 0 Å². The van der Waals surface area contributed by atoms with Gasteiger partial charge in [-0.2, -0.15) is 4.98 Å². The second-order valence-corrected chi connectivity index (χ2v) is 4.99. The van der Waals surface area contributed by atoms with Crippen molar-refractivity contribution in [1.29, 1.82) is 0 Å². The molecule has 1 unspecified atom stereocenters. The van der Waals surface area contributed by atoms with Crippen molar-refractivity contribution in [3.8, 4) is 0 Å². The molecule has 0 spiro atoms. The van der Waals surface area contributed by atoms with Crippen molar-refractivity contribution in [3.63, 3.8) is 0 Å². The van der Waals surface area contributed by atoms with Crippen LogP contribution in [0.3, 0.4) is 0 Å². The van der Waals surface area contributed by atoms with Crippen LogP contribution < -0.4 is 0 Å². The van der Waals surface area contributed by atoms with E-state index in [4.69, 9.17) is 9.26 Å². The number of benzene rings is 1. The minimum Gasteiger partial charge on any atom is -0.381 e. The fourth-order valence-electron chi connectivity index (χ4n) is 2.72. The number of hydrogen-bond acceptors (Lipinski definition) is 4. The van der Waals surface area contributed by atoms with Gasteiger partial charge in [0.05, 0.1) is 6.61 Å².